The Morgan fingerprint density at radius 1 is 1.07 bits per heavy atom. The smallest absolute Gasteiger partial charge is 0.360 e. The first-order chi connectivity index (χ1) is 13.5. The van der Waals surface area contributed by atoms with Gasteiger partial charge in [-0.3, -0.25) is 4.79 Å². The van der Waals surface area contributed by atoms with Crippen LogP contribution in [0.1, 0.15) is 33.2 Å². The van der Waals surface area contributed by atoms with Crippen molar-refractivity contribution in [1.29, 1.82) is 0 Å². The molecule has 0 aliphatic carbocycles. The van der Waals surface area contributed by atoms with Crippen molar-refractivity contribution in [3.63, 3.8) is 0 Å². The lowest BCUT2D eigenvalue weighted by Crippen LogP contribution is -2.32. The van der Waals surface area contributed by atoms with Crippen LogP contribution in [0.5, 0.6) is 11.5 Å². The first-order valence-corrected chi connectivity index (χ1v) is 8.56. The van der Waals surface area contributed by atoms with Crippen molar-refractivity contribution in [2.45, 2.75) is 13.0 Å². The van der Waals surface area contributed by atoms with Gasteiger partial charge in [-0.15, -0.1) is 0 Å². The summed E-state index contributed by atoms with van der Waals surface area (Å²) < 4.78 is 25.5. The molecule has 9 heteroatoms. The number of esters is 1. The van der Waals surface area contributed by atoms with E-state index in [9.17, 15) is 9.59 Å². The summed E-state index contributed by atoms with van der Waals surface area (Å²) in [5.74, 6) is 0.365. The summed E-state index contributed by atoms with van der Waals surface area (Å²) in [5.41, 5.74) is 0.443. The zero-order valence-corrected chi connectivity index (χ0v) is 16.4. The molecule has 2 rings (SSSR count). The highest BCUT2D eigenvalue weighted by molar-refractivity contribution is 5.95. The SMILES string of the molecule is COCCCN(Cc1nc(C(=O)OC)co1)C(=O)c1cc(OC)cc(OC)c1. The number of aromatic nitrogens is 1. The maximum Gasteiger partial charge on any atom is 0.360 e. The number of ether oxygens (including phenoxy) is 4. The van der Waals surface area contributed by atoms with Crippen molar-refractivity contribution < 1.29 is 33.0 Å². The third-order valence-corrected chi connectivity index (χ3v) is 3.93. The Morgan fingerprint density at radius 3 is 2.32 bits per heavy atom. The predicted octanol–water partition coefficient (Wildman–Crippen LogP) is 2.16. The van der Waals surface area contributed by atoms with Crippen LogP contribution in [0.4, 0.5) is 0 Å². The van der Waals surface area contributed by atoms with E-state index in [0.717, 1.165) is 0 Å². The highest BCUT2D eigenvalue weighted by Crippen LogP contribution is 2.24. The molecule has 0 bridgehead atoms. The molecule has 9 nitrogen and oxygen atoms in total. The molecule has 0 unspecified atom stereocenters. The minimum absolute atomic E-state index is 0.0461. The van der Waals surface area contributed by atoms with Crippen LogP contribution in [0.2, 0.25) is 0 Å². The zero-order chi connectivity index (χ0) is 20.5. The van der Waals surface area contributed by atoms with Gasteiger partial charge in [-0.25, -0.2) is 9.78 Å². The first-order valence-electron chi connectivity index (χ1n) is 8.56. The Labute approximate surface area is 163 Å². The lowest BCUT2D eigenvalue weighted by molar-refractivity contribution is 0.0594. The van der Waals surface area contributed by atoms with E-state index in [4.69, 9.17) is 18.6 Å². The molecule has 1 aromatic heterocycles. The summed E-state index contributed by atoms with van der Waals surface area (Å²) in [5, 5.41) is 0. The van der Waals surface area contributed by atoms with Crippen molar-refractivity contribution in [1.82, 2.24) is 9.88 Å². The minimum atomic E-state index is -0.607. The Hall–Kier alpha value is -3.07. The van der Waals surface area contributed by atoms with E-state index in [0.29, 0.717) is 36.6 Å². The fourth-order valence-electron chi connectivity index (χ4n) is 2.51. The van der Waals surface area contributed by atoms with Crippen LogP contribution in [0.3, 0.4) is 0 Å². The number of nitrogens with zero attached hydrogens (tertiary/aromatic N) is 2. The zero-order valence-electron chi connectivity index (χ0n) is 16.4. The highest BCUT2D eigenvalue weighted by Gasteiger charge is 2.21. The van der Waals surface area contributed by atoms with Gasteiger partial charge in [-0.2, -0.15) is 0 Å². The summed E-state index contributed by atoms with van der Waals surface area (Å²) in [4.78, 5) is 30.3. The highest BCUT2D eigenvalue weighted by atomic mass is 16.5. The fourth-order valence-corrected chi connectivity index (χ4v) is 2.51. The molecule has 0 aliphatic heterocycles. The van der Waals surface area contributed by atoms with Crippen LogP contribution in [-0.2, 0) is 16.0 Å². The van der Waals surface area contributed by atoms with E-state index >= 15 is 0 Å². The quantitative estimate of drug-likeness (QED) is 0.448. The largest absolute Gasteiger partial charge is 0.497 e. The molecule has 0 fully saturated rings. The molecule has 0 N–H and O–H groups in total. The predicted molar refractivity (Wildman–Crippen MR) is 98.6 cm³/mol. The summed E-state index contributed by atoms with van der Waals surface area (Å²) in [7, 11) is 5.88. The summed E-state index contributed by atoms with van der Waals surface area (Å²) in [6.07, 6.45) is 1.82. The number of benzene rings is 1. The molecule has 0 aliphatic rings. The summed E-state index contributed by atoms with van der Waals surface area (Å²) >= 11 is 0. The molecule has 28 heavy (non-hydrogen) atoms. The Kier molecular flexibility index (Phi) is 7.82. The van der Waals surface area contributed by atoms with Gasteiger partial charge in [0.2, 0.25) is 5.89 Å². The fraction of sp³-hybridized carbons (Fsp3) is 0.421. The summed E-state index contributed by atoms with van der Waals surface area (Å²) in [6.45, 7) is 0.978. The number of carbonyl (C=O) groups excluding carboxylic acids is 2. The summed E-state index contributed by atoms with van der Waals surface area (Å²) in [6, 6.07) is 4.94. The van der Waals surface area contributed by atoms with Gasteiger partial charge in [0.05, 0.1) is 27.9 Å². The molecule has 0 radical (unpaired) electrons. The number of oxazole rings is 1. The Bertz CT molecular complexity index is 781. The van der Waals surface area contributed by atoms with Crippen molar-refractivity contribution >= 4 is 11.9 Å². The van der Waals surface area contributed by atoms with Crippen LogP contribution in [-0.4, -0.2) is 63.4 Å². The van der Waals surface area contributed by atoms with Crippen molar-refractivity contribution in [2.24, 2.45) is 0 Å². The number of carbonyl (C=O) groups is 2. The minimum Gasteiger partial charge on any atom is -0.497 e. The molecule has 1 amide bonds. The van der Waals surface area contributed by atoms with Gasteiger partial charge in [0.1, 0.15) is 17.8 Å². The van der Waals surface area contributed by atoms with Crippen LogP contribution >= 0.6 is 0 Å². The molecule has 0 saturated heterocycles. The molecular weight excluding hydrogens is 368 g/mol. The molecule has 1 heterocycles. The second-order valence-corrected chi connectivity index (χ2v) is 5.79. The van der Waals surface area contributed by atoms with E-state index in [2.05, 4.69) is 9.72 Å². The van der Waals surface area contributed by atoms with Gasteiger partial charge in [-0.05, 0) is 18.6 Å². The topological polar surface area (TPSA) is 100 Å². The van der Waals surface area contributed by atoms with Crippen LogP contribution < -0.4 is 9.47 Å². The van der Waals surface area contributed by atoms with Gasteiger partial charge in [-0.1, -0.05) is 0 Å². The number of rotatable bonds is 10. The van der Waals surface area contributed by atoms with Crippen LogP contribution in [0.15, 0.2) is 28.9 Å². The Balaban J connectivity index is 2.25. The molecule has 2 aromatic rings. The average molecular weight is 392 g/mol. The van der Waals surface area contributed by atoms with E-state index < -0.39 is 5.97 Å². The maximum absolute atomic E-state index is 13.1. The number of methoxy groups -OCH3 is 4. The second-order valence-electron chi connectivity index (χ2n) is 5.79. The van der Waals surface area contributed by atoms with Gasteiger partial charge >= 0.3 is 5.97 Å². The van der Waals surface area contributed by atoms with Crippen LogP contribution in [0.25, 0.3) is 0 Å². The normalized spacial score (nSPS) is 10.4. The molecule has 0 saturated carbocycles. The second kappa shape index (κ2) is 10.3. The van der Waals surface area contributed by atoms with Crippen molar-refractivity contribution in [3.05, 3.63) is 41.6 Å². The number of hydrogen-bond acceptors (Lipinski definition) is 8. The van der Waals surface area contributed by atoms with E-state index in [1.165, 1.54) is 27.6 Å². The van der Waals surface area contributed by atoms with E-state index in [1.807, 2.05) is 0 Å². The molecule has 0 spiro atoms. The molecule has 0 atom stereocenters. The number of hydrogen-bond donors (Lipinski definition) is 0. The van der Waals surface area contributed by atoms with Gasteiger partial charge < -0.3 is 28.3 Å². The third-order valence-electron chi connectivity index (χ3n) is 3.93. The molecule has 152 valence electrons. The lowest BCUT2D eigenvalue weighted by Gasteiger charge is -2.21. The van der Waals surface area contributed by atoms with Crippen molar-refractivity contribution in [3.8, 4) is 11.5 Å². The average Bonchev–Trinajstić information content (AvgIpc) is 3.20. The van der Waals surface area contributed by atoms with E-state index in [1.54, 1.807) is 30.2 Å². The third kappa shape index (κ3) is 5.46. The van der Waals surface area contributed by atoms with E-state index in [-0.39, 0.29) is 24.0 Å². The molecule has 1 aromatic carbocycles. The molecular formula is C19H24N2O7. The van der Waals surface area contributed by atoms with Gasteiger partial charge in [0.15, 0.2) is 5.69 Å². The maximum atomic E-state index is 13.1. The van der Waals surface area contributed by atoms with Gasteiger partial charge in [0.25, 0.3) is 5.91 Å². The monoisotopic (exact) mass is 392 g/mol. The van der Waals surface area contributed by atoms with Crippen LogP contribution in [0, 0.1) is 0 Å². The van der Waals surface area contributed by atoms with Gasteiger partial charge in [0, 0.05) is 31.9 Å². The number of amides is 1. The Morgan fingerprint density at radius 2 is 1.75 bits per heavy atom. The standard InChI is InChI=1S/C19H24N2O7/c1-24-7-5-6-21(11-17-20-16(12-28-17)19(23)27-4)18(22)13-8-14(25-2)10-15(9-13)26-3/h8-10,12H,5-7,11H2,1-4H3. The first kappa shape index (κ1) is 21.2. The lowest BCUT2D eigenvalue weighted by atomic mass is 10.1. The van der Waals surface area contributed by atoms with Crippen molar-refractivity contribution in [2.75, 3.05) is 41.6 Å².